The lowest BCUT2D eigenvalue weighted by Crippen LogP contribution is -2.45. The fourth-order valence-corrected chi connectivity index (χ4v) is 3.48. The maximum atomic E-state index is 12.6. The summed E-state index contributed by atoms with van der Waals surface area (Å²) in [5, 5.41) is 0.891. The molecule has 1 amide bonds. The van der Waals surface area contributed by atoms with Crippen molar-refractivity contribution in [3.8, 4) is 5.75 Å². The van der Waals surface area contributed by atoms with Crippen LogP contribution < -0.4 is 16.1 Å². The molecule has 0 bridgehead atoms. The highest BCUT2D eigenvalue weighted by Crippen LogP contribution is 2.24. The van der Waals surface area contributed by atoms with E-state index >= 15 is 0 Å². The molecule has 0 spiro atoms. The van der Waals surface area contributed by atoms with E-state index in [9.17, 15) is 9.59 Å². The fraction of sp³-hybridized carbons (Fsp3) is 0.500. The molecule has 3 rings (SSSR count). The number of benzene rings is 1. The Kier molecular flexibility index (Phi) is 5.61. The molecule has 1 aromatic heterocycles. The Morgan fingerprint density at radius 1 is 1.35 bits per heavy atom. The number of ether oxygens (including phenoxy) is 1. The van der Waals surface area contributed by atoms with E-state index in [1.165, 1.54) is 6.07 Å². The van der Waals surface area contributed by atoms with Crippen LogP contribution in [0.2, 0.25) is 0 Å². The molecule has 1 aliphatic heterocycles. The van der Waals surface area contributed by atoms with Crippen molar-refractivity contribution in [2.24, 2.45) is 11.7 Å². The van der Waals surface area contributed by atoms with Crippen LogP contribution in [0.1, 0.15) is 32.3 Å². The van der Waals surface area contributed by atoms with Gasteiger partial charge in [-0.2, -0.15) is 0 Å². The number of aryl methyl sites for hydroxylation is 1. The van der Waals surface area contributed by atoms with Crippen LogP contribution in [-0.2, 0) is 11.2 Å². The predicted molar refractivity (Wildman–Crippen MR) is 100 cm³/mol. The number of nitrogens with zero attached hydrogens (tertiary/aromatic N) is 1. The molecule has 6 nitrogen and oxygen atoms in total. The molecule has 26 heavy (non-hydrogen) atoms. The van der Waals surface area contributed by atoms with Gasteiger partial charge in [0.2, 0.25) is 0 Å². The second kappa shape index (κ2) is 7.91. The first-order chi connectivity index (χ1) is 12.5. The Morgan fingerprint density at radius 2 is 2.08 bits per heavy atom. The monoisotopic (exact) mass is 358 g/mol. The second-order valence-electron chi connectivity index (χ2n) is 6.87. The largest absolute Gasteiger partial charge is 0.481 e. The van der Waals surface area contributed by atoms with Crippen molar-refractivity contribution in [2.45, 2.75) is 39.2 Å². The lowest BCUT2D eigenvalue weighted by molar-refractivity contribution is -0.139. The minimum absolute atomic E-state index is 0.0238. The molecule has 1 saturated heterocycles. The SMILES string of the molecule is CCc1cc(=O)oc2cc(OC(C)C(=O)N3CCC(CN)CC3)ccc12. The van der Waals surface area contributed by atoms with Crippen LogP contribution in [0.5, 0.6) is 5.75 Å². The zero-order valence-corrected chi connectivity index (χ0v) is 15.4. The van der Waals surface area contributed by atoms with E-state index in [2.05, 4.69) is 0 Å². The van der Waals surface area contributed by atoms with Crippen LogP contribution in [0.25, 0.3) is 11.0 Å². The third kappa shape index (κ3) is 3.90. The van der Waals surface area contributed by atoms with Crippen LogP contribution in [0, 0.1) is 5.92 Å². The highest BCUT2D eigenvalue weighted by Gasteiger charge is 2.26. The number of amides is 1. The number of nitrogens with two attached hydrogens (primary N) is 1. The van der Waals surface area contributed by atoms with Gasteiger partial charge in [0, 0.05) is 30.6 Å². The molecule has 0 aliphatic carbocycles. The van der Waals surface area contributed by atoms with Crippen molar-refractivity contribution < 1.29 is 13.9 Å². The summed E-state index contributed by atoms with van der Waals surface area (Å²) < 4.78 is 11.1. The Hall–Kier alpha value is -2.34. The average Bonchev–Trinajstić information content (AvgIpc) is 2.66. The van der Waals surface area contributed by atoms with E-state index < -0.39 is 6.10 Å². The van der Waals surface area contributed by atoms with Gasteiger partial charge in [0.1, 0.15) is 11.3 Å². The Morgan fingerprint density at radius 3 is 2.73 bits per heavy atom. The third-order valence-corrected chi connectivity index (χ3v) is 5.10. The summed E-state index contributed by atoms with van der Waals surface area (Å²) in [7, 11) is 0. The van der Waals surface area contributed by atoms with Gasteiger partial charge in [-0.3, -0.25) is 4.79 Å². The number of hydrogen-bond acceptors (Lipinski definition) is 5. The van der Waals surface area contributed by atoms with Gasteiger partial charge in [-0.25, -0.2) is 4.79 Å². The number of likely N-dealkylation sites (tertiary alicyclic amines) is 1. The molecule has 1 atom stereocenters. The van der Waals surface area contributed by atoms with Crippen molar-refractivity contribution >= 4 is 16.9 Å². The highest BCUT2D eigenvalue weighted by molar-refractivity contribution is 5.83. The average molecular weight is 358 g/mol. The molecule has 2 aromatic rings. The number of carbonyl (C=O) groups excluding carboxylic acids is 1. The zero-order valence-electron chi connectivity index (χ0n) is 15.4. The number of hydrogen-bond donors (Lipinski definition) is 1. The molecule has 140 valence electrons. The number of carbonyl (C=O) groups is 1. The molecule has 1 fully saturated rings. The Labute approximate surface area is 152 Å². The van der Waals surface area contributed by atoms with E-state index in [1.807, 2.05) is 24.0 Å². The van der Waals surface area contributed by atoms with Crippen molar-refractivity contribution in [2.75, 3.05) is 19.6 Å². The first-order valence-electron chi connectivity index (χ1n) is 9.24. The summed E-state index contributed by atoms with van der Waals surface area (Å²) in [5.74, 6) is 1.00. The van der Waals surface area contributed by atoms with Gasteiger partial charge in [0.15, 0.2) is 6.10 Å². The van der Waals surface area contributed by atoms with E-state index in [0.29, 0.717) is 23.8 Å². The summed E-state index contributed by atoms with van der Waals surface area (Å²) in [6.07, 6.45) is 2.03. The smallest absolute Gasteiger partial charge is 0.336 e. The maximum absolute atomic E-state index is 12.6. The van der Waals surface area contributed by atoms with Crippen molar-refractivity contribution in [1.29, 1.82) is 0 Å². The zero-order chi connectivity index (χ0) is 18.7. The number of rotatable bonds is 5. The molecule has 6 heteroatoms. The van der Waals surface area contributed by atoms with Gasteiger partial charge >= 0.3 is 5.63 Å². The second-order valence-corrected chi connectivity index (χ2v) is 6.87. The van der Waals surface area contributed by atoms with Gasteiger partial charge in [0.05, 0.1) is 0 Å². The van der Waals surface area contributed by atoms with Gasteiger partial charge in [-0.05, 0) is 56.3 Å². The van der Waals surface area contributed by atoms with E-state index in [4.69, 9.17) is 14.9 Å². The number of fused-ring (bicyclic) bond motifs is 1. The molecule has 1 aromatic carbocycles. The summed E-state index contributed by atoms with van der Waals surface area (Å²) in [5.41, 5.74) is 6.75. The molecule has 1 aliphatic rings. The lowest BCUT2D eigenvalue weighted by atomic mass is 9.97. The van der Waals surface area contributed by atoms with Crippen molar-refractivity contribution in [3.05, 3.63) is 40.2 Å². The van der Waals surface area contributed by atoms with Crippen molar-refractivity contribution in [3.63, 3.8) is 0 Å². The molecule has 2 heterocycles. The first-order valence-corrected chi connectivity index (χ1v) is 9.24. The molecule has 2 N–H and O–H groups in total. The Balaban J connectivity index is 1.72. The fourth-order valence-electron chi connectivity index (χ4n) is 3.48. The summed E-state index contributed by atoms with van der Waals surface area (Å²) in [6.45, 7) is 5.87. The van der Waals surface area contributed by atoms with Crippen LogP contribution in [0.4, 0.5) is 0 Å². The lowest BCUT2D eigenvalue weighted by Gasteiger charge is -2.33. The minimum Gasteiger partial charge on any atom is -0.481 e. The minimum atomic E-state index is -0.594. The topological polar surface area (TPSA) is 85.8 Å². The first kappa shape index (κ1) is 18.5. The van der Waals surface area contributed by atoms with Crippen LogP contribution >= 0.6 is 0 Å². The quantitative estimate of drug-likeness (QED) is 0.829. The summed E-state index contributed by atoms with van der Waals surface area (Å²) >= 11 is 0. The highest BCUT2D eigenvalue weighted by atomic mass is 16.5. The molecule has 0 radical (unpaired) electrons. The van der Waals surface area contributed by atoms with E-state index in [-0.39, 0.29) is 11.5 Å². The van der Waals surface area contributed by atoms with Gasteiger partial charge in [0.25, 0.3) is 5.91 Å². The van der Waals surface area contributed by atoms with Crippen LogP contribution in [0.3, 0.4) is 0 Å². The van der Waals surface area contributed by atoms with Gasteiger partial charge in [-0.1, -0.05) is 6.92 Å². The van der Waals surface area contributed by atoms with Crippen molar-refractivity contribution in [1.82, 2.24) is 4.90 Å². The number of piperidine rings is 1. The molecular weight excluding hydrogens is 332 g/mol. The predicted octanol–water partition coefficient (Wildman–Crippen LogP) is 2.32. The molecule has 0 saturated carbocycles. The summed E-state index contributed by atoms with van der Waals surface area (Å²) in [4.78, 5) is 26.1. The standard InChI is InChI=1S/C20H26N2O4/c1-3-15-10-19(23)26-18-11-16(4-5-17(15)18)25-13(2)20(24)22-8-6-14(12-21)7-9-22/h4-5,10-11,13-14H,3,6-9,12,21H2,1-2H3. The molecular formula is C20H26N2O4. The molecule has 1 unspecified atom stereocenters. The normalized spacial score (nSPS) is 16.7. The van der Waals surface area contributed by atoms with E-state index in [1.54, 1.807) is 13.0 Å². The van der Waals surface area contributed by atoms with Crippen LogP contribution in [0.15, 0.2) is 33.5 Å². The third-order valence-electron chi connectivity index (χ3n) is 5.10. The summed E-state index contributed by atoms with van der Waals surface area (Å²) in [6, 6.07) is 6.88. The van der Waals surface area contributed by atoms with Gasteiger partial charge < -0.3 is 19.8 Å². The Bertz CT molecular complexity index is 837. The van der Waals surface area contributed by atoms with Crippen LogP contribution in [-0.4, -0.2) is 36.5 Å². The maximum Gasteiger partial charge on any atom is 0.336 e. The van der Waals surface area contributed by atoms with Gasteiger partial charge in [-0.15, -0.1) is 0 Å². The van der Waals surface area contributed by atoms with E-state index in [0.717, 1.165) is 43.3 Å².